The van der Waals surface area contributed by atoms with Crippen molar-refractivity contribution in [2.75, 3.05) is 33.0 Å². The molecule has 1 aliphatic heterocycles. The number of carbonyl (C=O) groups is 8. The van der Waals surface area contributed by atoms with E-state index >= 15 is 0 Å². The molecule has 502 valence electrons. The maximum absolute atomic E-state index is 13.0. The average molecular weight is 1280 g/mol. The minimum atomic E-state index is -5.05. The Labute approximate surface area is 539 Å². The Morgan fingerprint density at radius 2 is 1.10 bits per heavy atom. The van der Waals surface area contributed by atoms with Crippen LogP contribution in [0.2, 0.25) is 0 Å². The maximum atomic E-state index is 13.0. The van der Waals surface area contributed by atoms with E-state index < -0.39 is 149 Å². The van der Waals surface area contributed by atoms with Crippen LogP contribution in [0.25, 0.3) is 0 Å². The van der Waals surface area contributed by atoms with E-state index in [1.165, 1.54) is 130 Å². The van der Waals surface area contributed by atoms with Gasteiger partial charge in [0.2, 0.25) is 35.4 Å². The first-order chi connectivity index (χ1) is 40.5. The second kappa shape index (κ2) is 52.3. The summed E-state index contributed by atoms with van der Waals surface area (Å²) in [4.78, 5) is 114. The van der Waals surface area contributed by atoms with Crippen molar-refractivity contribution in [3.05, 3.63) is 0 Å². The van der Waals surface area contributed by atoms with Gasteiger partial charge < -0.3 is 86.0 Å². The quantitative estimate of drug-likeness (QED) is 0.0179. The molecule has 28 heteroatoms. The standard InChI is InChI=1S/C59H109N6O19P.Na.H2O/c1-7-9-11-13-15-17-19-21-23-25-27-29-31-33-50(69)79-40-46(83-51(70)34-32-30-28-26-24-22-20-18-16-14-12-10-8-2)41-81-85(77,78)80-38-37-61-56(73)42(3)62-49(68)36-35-47(55(60)72)65-57(74)43(4)63-58(75)44(5)82-54-52(64-45(6)67)59(76)84-48(39-66)53(54)71;;/h42-44,46-48,52-54,59,66,71,76H,7-41H2,1-6H3,(H2,60,72)(H,61,73)(H,62,68)(H,63,75)(H,64,67)(H,65,74)(H,77,78);;1H2/q;+1;/p-1/t42-,43-,44+,46+,47+,48+,52+,53+,54+,59?;;/m0../s1. The Bertz CT molecular complexity index is 1970. The fraction of sp³-hybridized carbons (Fsp3) is 0.864. The minimum Gasteiger partial charge on any atom is -0.756 e. The molecule has 0 spiro atoms. The van der Waals surface area contributed by atoms with E-state index in [4.69, 9.17) is 33.7 Å². The molecule has 0 aromatic rings. The van der Waals surface area contributed by atoms with Crippen LogP contribution < -0.4 is 66.8 Å². The number of amides is 6. The van der Waals surface area contributed by atoms with Crippen molar-refractivity contribution in [2.24, 2.45) is 5.73 Å². The van der Waals surface area contributed by atoms with Gasteiger partial charge >= 0.3 is 41.5 Å². The number of rotatable bonds is 52. The van der Waals surface area contributed by atoms with E-state index in [1.807, 2.05) is 0 Å². The maximum Gasteiger partial charge on any atom is 1.00 e. The Morgan fingerprint density at radius 3 is 1.57 bits per heavy atom. The zero-order valence-electron chi connectivity index (χ0n) is 53.4. The zero-order chi connectivity index (χ0) is 63.4. The van der Waals surface area contributed by atoms with E-state index in [9.17, 15) is 63.1 Å². The number of aliphatic hydroxyl groups excluding tert-OH is 3. The summed E-state index contributed by atoms with van der Waals surface area (Å²) in [6, 6.07) is -5.22. The normalized spacial score (nSPS) is 18.8. The van der Waals surface area contributed by atoms with Gasteiger partial charge in [0.25, 0.3) is 7.82 Å². The molecule has 0 aromatic carbocycles. The molecule has 1 heterocycles. The molecule has 1 saturated heterocycles. The zero-order valence-corrected chi connectivity index (χ0v) is 56.3. The SMILES string of the molecule is CCCCCCCCCCCCCCCC(=O)OC[C@H](COP(=O)([O-])OCCNC(=O)[C@H](C)NC(=O)CC[C@@H](NC(=O)[C@H](C)NC(=O)[C@@H](C)O[C@H]1[C@H](O)[C@@H](CO)OC(O)[C@@H]1NC(C)=O)C(N)=O)OC(=O)CCCCCCCCCCCCCCC.O.[Na+]. The molecular weight excluding hydrogens is 1170 g/mol. The van der Waals surface area contributed by atoms with Gasteiger partial charge in [0.1, 0.15) is 55.2 Å². The molecule has 0 aliphatic carbocycles. The van der Waals surface area contributed by atoms with Gasteiger partial charge in [0, 0.05) is 32.7 Å². The summed E-state index contributed by atoms with van der Waals surface area (Å²) in [6.07, 6.45) is 20.6. The van der Waals surface area contributed by atoms with Gasteiger partial charge in [-0.05, 0) is 40.0 Å². The summed E-state index contributed by atoms with van der Waals surface area (Å²) in [7, 11) is -5.05. The number of phosphoric acid groups is 1. The molecular formula is C59H110N6NaO20P. The smallest absolute Gasteiger partial charge is 0.756 e. The fourth-order valence-corrected chi connectivity index (χ4v) is 10.2. The van der Waals surface area contributed by atoms with Crippen molar-refractivity contribution in [1.29, 1.82) is 0 Å². The molecule has 12 N–H and O–H groups in total. The predicted molar refractivity (Wildman–Crippen MR) is 319 cm³/mol. The first kappa shape index (κ1) is 85.7. The second-order valence-corrected chi connectivity index (χ2v) is 23.8. The van der Waals surface area contributed by atoms with Crippen LogP contribution in [-0.4, -0.2) is 162 Å². The largest absolute Gasteiger partial charge is 1.00 e. The van der Waals surface area contributed by atoms with E-state index in [0.29, 0.717) is 12.8 Å². The number of aliphatic hydroxyl groups is 3. The molecule has 0 bridgehead atoms. The topological polar surface area (TPSA) is 410 Å². The summed E-state index contributed by atoms with van der Waals surface area (Å²) >= 11 is 0. The van der Waals surface area contributed by atoms with Crippen molar-refractivity contribution >= 4 is 55.2 Å². The predicted octanol–water partition coefficient (Wildman–Crippen LogP) is 1.31. The van der Waals surface area contributed by atoms with E-state index in [-0.39, 0.29) is 60.8 Å². The molecule has 1 fully saturated rings. The number of esters is 2. The van der Waals surface area contributed by atoms with Crippen molar-refractivity contribution in [1.82, 2.24) is 26.6 Å². The Hall–Kier alpha value is -3.37. The van der Waals surface area contributed by atoms with Gasteiger partial charge in [0.15, 0.2) is 12.4 Å². The summed E-state index contributed by atoms with van der Waals surface area (Å²) < 4.78 is 44.5. The molecule has 0 radical (unpaired) electrons. The Kier molecular flexibility index (Phi) is 51.5. The molecule has 2 unspecified atom stereocenters. The van der Waals surface area contributed by atoms with Gasteiger partial charge in [-0.15, -0.1) is 0 Å². The summed E-state index contributed by atoms with van der Waals surface area (Å²) in [5.74, 6) is -5.96. The van der Waals surface area contributed by atoms with Crippen LogP contribution in [0.15, 0.2) is 0 Å². The van der Waals surface area contributed by atoms with Crippen molar-refractivity contribution in [2.45, 2.75) is 295 Å². The summed E-state index contributed by atoms with van der Waals surface area (Å²) in [5.41, 5.74) is 5.48. The number of nitrogens with two attached hydrogens (primary N) is 1. The third-order valence-corrected chi connectivity index (χ3v) is 15.5. The Morgan fingerprint density at radius 1 is 0.632 bits per heavy atom. The van der Waals surface area contributed by atoms with Crippen LogP contribution in [0.3, 0.4) is 0 Å². The van der Waals surface area contributed by atoms with Gasteiger partial charge in [-0.2, -0.15) is 0 Å². The Balaban J connectivity index is 0. The number of hydrogen-bond acceptors (Lipinski definition) is 19. The molecule has 0 aromatic heterocycles. The monoisotopic (exact) mass is 1280 g/mol. The number of carbonyl (C=O) groups excluding carboxylic acids is 8. The minimum absolute atomic E-state index is 0. The molecule has 1 rings (SSSR count). The van der Waals surface area contributed by atoms with Crippen LogP contribution in [0.5, 0.6) is 0 Å². The number of ether oxygens (including phenoxy) is 4. The van der Waals surface area contributed by atoms with Gasteiger partial charge in [-0.3, -0.25) is 42.9 Å². The van der Waals surface area contributed by atoms with Crippen LogP contribution in [-0.2, 0) is 70.9 Å². The van der Waals surface area contributed by atoms with Crippen molar-refractivity contribution in [3.63, 3.8) is 0 Å². The fourth-order valence-electron chi connectivity index (χ4n) is 9.46. The molecule has 6 amide bonds. The number of hydrogen-bond donors (Lipinski definition) is 9. The summed E-state index contributed by atoms with van der Waals surface area (Å²) in [6.45, 7) is 6.67. The van der Waals surface area contributed by atoms with Crippen molar-refractivity contribution < 1.29 is 126 Å². The van der Waals surface area contributed by atoms with E-state index in [0.717, 1.165) is 51.9 Å². The van der Waals surface area contributed by atoms with Crippen LogP contribution in [0.4, 0.5) is 0 Å². The molecule has 11 atom stereocenters. The van der Waals surface area contributed by atoms with Gasteiger partial charge in [-0.1, -0.05) is 168 Å². The third kappa shape index (κ3) is 42.3. The molecule has 87 heavy (non-hydrogen) atoms. The van der Waals surface area contributed by atoms with Crippen LogP contribution in [0.1, 0.15) is 234 Å². The number of primary amides is 1. The summed E-state index contributed by atoms with van der Waals surface area (Å²) in [5, 5.41) is 42.5. The van der Waals surface area contributed by atoms with Crippen molar-refractivity contribution in [3.8, 4) is 0 Å². The van der Waals surface area contributed by atoms with Crippen LogP contribution in [0, 0.1) is 0 Å². The first-order valence-electron chi connectivity index (χ1n) is 31.5. The average Bonchev–Trinajstić information content (AvgIpc) is 1.33. The van der Waals surface area contributed by atoms with Gasteiger partial charge in [-0.25, -0.2) is 0 Å². The molecule has 1 aliphatic rings. The second-order valence-electron chi connectivity index (χ2n) is 22.4. The first-order valence-corrected chi connectivity index (χ1v) is 33.0. The number of unbranched alkanes of at least 4 members (excludes halogenated alkanes) is 24. The number of phosphoric ester groups is 1. The number of nitrogens with one attached hydrogen (secondary N) is 5. The van der Waals surface area contributed by atoms with Crippen LogP contribution >= 0.6 is 7.82 Å². The van der Waals surface area contributed by atoms with E-state index in [1.54, 1.807) is 0 Å². The molecule has 26 nitrogen and oxygen atoms in total. The third-order valence-electron chi connectivity index (χ3n) is 14.6. The van der Waals surface area contributed by atoms with E-state index in [2.05, 4.69) is 40.4 Å². The molecule has 0 saturated carbocycles. The van der Waals surface area contributed by atoms with Gasteiger partial charge in [0.05, 0.1) is 19.8 Å².